The van der Waals surface area contributed by atoms with Gasteiger partial charge in [-0.2, -0.15) is 0 Å². The molecule has 0 aliphatic rings. The van der Waals surface area contributed by atoms with Crippen LogP contribution in [0.3, 0.4) is 0 Å². The van der Waals surface area contributed by atoms with Crippen LogP contribution < -0.4 is 15.6 Å². The Balaban J connectivity index is 1.29. The Hall–Kier alpha value is -4.46. The number of rotatable bonds is 5. The summed E-state index contributed by atoms with van der Waals surface area (Å²) in [6, 6.07) is 19.6. The first-order valence-corrected chi connectivity index (χ1v) is 9.77. The molecule has 5 rings (SSSR count). The zero-order chi connectivity index (χ0) is 22.1. The van der Waals surface area contributed by atoms with Crippen LogP contribution in [0.1, 0.15) is 0 Å². The van der Waals surface area contributed by atoms with Crippen LogP contribution in [-0.2, 0) is 11.3 Å². The molecule has 7 nitrogen and oxygen atoms in total. The second-order valence-electron chi connectivity index (χ2n) is 7.09. The Morgan fingerprint density at radius 2 is 1.84 bits per heavy atom. The first kappa shape index (κ1) is 19.5. The van der Waals surface area contributed by atoms with Gasteiger partial charge in [-0.05, 0) is 48.5 Å². The molecule has 0 radical (unpaired) electrons. The lowest BCUT2D eigenvalue weighted by molar-refractivity contribution is -0.116. The molecular weight excluding hydrogens is 413 g/mol. The molecule has 5 aromatic rings. The molecule has 0 spiro atoms. The van der Waals surface area contributed by atoms with Crippen LogP contribution in [0, 0.1) is 5.82 Å². The Labute approximate surface area is 180 Å². The molecule has 3 aromatic carbocycles. The van der Waals surface area contributed by atoms with Crippen molar-refractivity contribution < 1.29 is 18.3 Å². The van der Waals surface area contributed by atoms with Crippen LogP contribution in [0.4, 0.5) is 10.1 Å². The van der Waals surface area contributed by atoms with Gasteiger partial charge in [0.15, 0.2) is 0 Å². The number of furan rings is 1. The number of amides is 1. The molecule has 0 atom stereocenters. The molecule has 0 saturated carbocycles. The highest BCUT2D eigenvalue weighted by Gasteiger charge is 2.14. The highest BCUT2D eigenvalue weighted by Crippen LogP contribution is 2.25. The standard InChI is InChI=1S/C24H16FN3O4/c25-15-4-3-5-18(12-15)31-17-10-8-16(9-11-17)27-21(29)13-28-14-26-22-19-6-1-2-7-20(19)32-23(22)24(28)30/h1-12,14H,13H2,(H,27,29). The summed E-state index contributed by atoms with van der Waals surface area (Å²) in [6.07, 6.45) is 1.34. The summed E-state index contributed by atoms with van der Waals surface area (Å²) in [5.41, 5.74) is 1.24. The van der Waals surface area contributed by atoms with Crippen molar-refractivity contribution in [3.8, 4) is 11.5 Å². The number of fused-ring (bicyclic) bond motifs is 3. The predicted octanol–water partition coefficient (Wildman–Crippen LogP) is 4.71. The van der Waals surface area contributed by atoms with E-state index in [4.69, 9.17) is 9.15 Å². The van der Waals surface area contributed by atoms with E-state index in [0.717, 1.165) is 5.39 Å². The van der Waals surface area contributed by atoms with Gasteiger partial charge in [-0.1, -0.05) is 18.2 Å². The van der Waals surface area contributed by atoms with Gasteiger partial charge in [0.05, 0.1) is 6.33 Å². The van der Waals surface area contributed by atoms with Crippen molar-refractivity contribution in [3.05, 3.63) is 95.3 Å². The lowest BCUT2D eigenvalue weighted by Gasteiger charge is -2.09. The molecule has 2 aromatic heterocycles. The van der Waals surface area contributed by atoms with Crippen LogP contribution in [0.15, 0.2) is 88.3 Å². The maximum atomic E-state index is 13.3. The zero-order valence-corrected chi connectivity index (χ0v) is 16.6. The molecule has 0 aliphatic heterocycles. The minimum Gasteiger partial charge on any atom is -0.457 e. The van der Waals surface area contributed by atoms with Gasteiger partial charge in [0.2, 0.25) is 11.5 Å². The Kier molecular flexibility index (Phi) is 4.87. The number of ether oxygens (including phenoxy) is 1. The topological polar surface area (TPSA) is 86.4 Å². The maximum absolute atomic E-state index is 13.3. The summed E-state index contributed by atoms with van der Waals surface area (Å²) < 4.78 is 25.7. The van der Waals surface area contributed by atoms with Crippen LogP contribution in [0.5, 0.6) is 11.5 Å². The first-order chi connectivity index (χ1) is 15.6. The van der Waals surface area contributed by atoms with Crippen molar-refractivity contribution in [2.75, 3.05) is 5.32 Å². The number of hydrogen-bond acceptors (Lipinski definition) is 5. The van der Waals surface area contributed by atoms with Crippen molar-refractivity contribution >= 4 is 33.7 Å². The summed E-state index contributed by atoms with van der Waals surface area (Å²) in [5, 5.41) is 3.47. The average Bonchev–Trinajstić information content (AvgIpc) is 3.17. The lowest BCUT2D eigenvalue weighted by atomic mass is 10.2. The molecule has 158 valence electrons. The molecule has 2 heterocycles. The van der Waals surface area contributed by atoms with Crippen LogP contribution >= 0.6 is 0 Å². The van der Waals surface area contributed by atoms with E-state index in [9.17, 15) is 14.0 Å². The fourth-order valence-electron chi connectivity index (χ4n) is 3.36. The molecule has 1 N–H and O–H groups in total. The minimum atomic E-state index is -0.430. The molecule has 0 bridgehead atoms. The number of nitrogens with one attached hydrogen (secondary N) is 1. The second-order valence-corrected chi connectivity index (χ2v) is 7.09. The van der Waals surface area contributed by atoms with Crippen molar-refractivity contribution in [3.63, 3.8) is 0 Å². The number of nitrogens with zero attached hydrogens (tertiary/aromatic N) is 2. The molecular formula is C24H16FN3O4. The molecule has 32 heavy (non-hydrogen) atoms. The zero-order valence-electron chi connectivity index (χ0n) is 16.6. The van der Waals surface area contributed by atoms with E-state index in [1.54, 1.807) is 42.5 Å². The van der Waals surface area contributed by atoms with E-state index in [-0.39, 0.29) is 12.1 Å². The largest absolute Gasteiger partial charge is 0.457 e. The predicted molar refractivity (Wildman–Crippen MR) is 117 cm³/mol. The van der Waals surface area contributed by atoms with E-state index in [0.29, 0.717) is 28.3 Å². The summed E-state index contributed by atoms with van der Waals surface area (Å²) in [5.74, 6) is 0.0686. The SMILES string of the molecule is O=C(Cn1cnc2c(oc3ccccc32)c1=O)Nc1ccc(Oc2cccc(F)c2)cc1. The number of aromatic nitrogens is 2. The third-order valence-electron chi connectivity index (χ3n) is 4.83. The van der Waals surface area contributed by atoms with Crippen LogP contribution in [0.2, 0.25) is 0 Å². The molecule has 0 saturated heterocycles. The molecule has 1 amide bonds. The third kappa shape index (κ3) is 3.81. The number of anilines is 1. The van der Waals surface area contributed by atoms with E-state index < -0.39 is 17.3 Å². The smallest absolute Gasteiger partial charge is 0.297 e. The number of benzene rings is 3. The molecule has 0 aliphatic carbocycles. The quantitative estimate of drug-likeness (QED) is 0.437. The summed E-state index contributed by atoms with van der Waals surface area (Å²) >= 11 is 0. The van der Waals surface area contributed by atoms with Crippen molar-refractivity contribution in [2.24, 2.45) is 0 Å². The van der Waals surface area contributed by atoms with Gasteiger partial charge < -0.3 is 14.5 Å². The highest BCUT2D eigenvalue weighted by molar-refractivity contribution is 6.01. The fraction of sp³-hybridized carbons (Fsp3) is 0.0417. The monoisotopic (exact) mass is 429 g/mol. The summed E-state index contributed by atoms with van der Waals surface area (Å²) in [4.78, 5) is 29.5. The second kappa shape index (κ2) is 7.99. The maximum Gasteiger partial charge on any atom is 0.297 e. The number of halogens is 1. The van der Waals surface area contributed by atoms with E-state index in [1.165, 1.54) is 23.0 Å². The van der Waals surface area contributed by atoms with Gasteiger partial charge in [-0.25, -0.2) is 9.37 Å². The number of carbonyl (C=O) groups excluding carboxylic acids is 1. The van der Waals surface area contributed by atoms with Gasteiger partial charge in [0, 0.05) is 17.1 Å². The van der Waals surface area contributed by atoms with Crippen molar-refractivity contribution in [1.29, 1.82) is 0 Å². The van der Waals surface area contributed by atoms with E-state index in [2.05, 4.69) is 10.3 Å². The first-order valence-electron chi connectivity index (χ1n) is 9.77. The van der Waals surface area contributed by atoms with E-state index in [1.807, 2.05) is 18.2 Å². The minimum absolute atomic E-state index is 0.111. The molecule has 0 unspecified atom stereocenters. The Morgan fingerprint density at radius 1 is 1.03 bits per heavy atom. The third-order valence-corrected chi connectivity index (χ3v) is 4.83. The summed E-state index contributed by atoms with van der Waals surface area (Å²) in [6.45, 7) is -0.222. The van der Waals surface area contributed by atoms with Crippen molar-refractivity contribution in [1.82, 2.24) is 9.55 Å². The molecule has 0 fully saturated rings. The van der Waals surface area contributed by atoms with Gasteiger partial charge in [0.25, 0.3) is 5.56 Å². The van der Waals surface area contributed by atoms with Gasteiger partial charge in [-0.15, -0.1) is 0 Å². The van der Waals surface area contributed by atoms with Crippen LogP contribution in [0.25, 0.3) is 22.1 Å². The average molecular weight is 429 g/mol. The van der Waals surface area contributed by atoms with E-state index >= 15 is 0 Å². The Bertz CT molecular complexity index is 1510. The number of para-hydroxylation sites is 1. The van der Waals surface area contributed by atoms with Gasteiger partial charge in [-0.3, -0.25) is 14.2 Å². The Morgan fingerprint density at radius 3 is 2.66 bits per heavy atom. The normalized spacial score (nSPS) is 11.0. The van der Waals surface area contributed by atoms with Gasteiger partial charge >= 0.3 is 0 Å². The van der Waals surface area contributed by atoms with Crippen molar-refractivity contribution in [2.45, 2.75) is 6.54 Å². The number of carbonyl (C=O) groups is 1. The summed E-state index contributed by atoms with van der Waals surface area (Å²) in [7, 11) is 0. The number of hydrogen-bond donors (Lipinski definition) is 1. The van der Waals surface area contributed by atoms with Crippen LogP contribution in [-0.4, -0.2) is 15.5 Å². The lowest BCUT2D eigenvalue weighted by Crippen LogP contribution is -2.27. The van der Waals surface area contributed by atoms with Gasteiger partial charge in [0.1, 0.15) is 35.0 Å². The molecule has 8 heteroatoms. The highest BCUT2D eigenvalue weighted by atomic mass is 19.1. The fourth-order valence-corrected chi connectivity index (χ4v) is 3.36.